The average molecular weight is 420 g/mol. The molecule has 1 amide bonds. The van der Waals surface area contributed by atoms with Crippen LogP contribution < -0.4 is 14.8 Å². The van der Waals surface area contributed by atoms with Crippen molar-refractivity contribution >= 4 is 17.2 Å². The summed E-state index contributed by atoms with van der Waals surface area (Å²) in [5, 5.41) is 7.41. The highest BCUT2D eigenvalue weighted by Gasteiger charge is 2.20. The van der Waals surface area contributed by atoms with Crippen LogP contribution in [0.2, 0.25) is 0 Å². The minimum Gasteiger partial charge on any atom is -0.497 e. The van der Waals surface area contributed by atoms with E-state index in [0.717, 1.165) is 16.8 Å². The first-order valence-corrected chi connectivity index (χ1v) is 9.57. The van der Waals surface area contributed by atoms with Gasteiger partial charge in [0.15, 0.2) is 5.65 Å². The molecule has 0 aliphatic heterocycles. The van der Waals surface area contributed by atoms with Crippen LogP contribution in [0.4, 0.5) is 10.1 Å². The molecule has 0 radical (unpaired) electrons. The van der Waals surface area contributed by atoms with Crippen LogP contribution in [0.3, 0.4) is 0 Å². The highest BCUT2D eigenvalue weighted by atomic mass is 19.1. The van der Waals surface area contributed by atoms with Gasteiger partial charge < -0.3 is 14.8 Å². The van der Waals surface area contributed by atoms with E-state index in [4.69, 9.17) is 9.47 Å². The summed E-state index contributed by atoms with van der Waals surface area (Å²) in [6.45, 7) is 3.65. The Kier molecular flexibility index (Phi) is 5.29. The summed E-state index contributed by atoms with van der Waals surface area (Å²) in [4.78, 5) is 17.5. The zero-order valence-corrected chi connectivity index (χ0v) is 17.6. The molecular weight excluding hydrogens is 399 g/mol. The molecule has 4 aromatic rings. The monoisotopic (exact) mass is 420 g/mol. The van der Waals surface area contributed by atoms with Gasteiger partial charge in [-0.05, 0) is 43.7 Å². The van der Waals surface area contributed by atoms with Gasteiger partial charge in [-0.1, -0.05) is 12.1 Å². The number of carbonyl (C=O) groups is 1. The quantitative estimate of drug-likeness (QED) is 0.517. The molecule has 158 valence electrons. The molecule has 0 unspecified atom stereocenters. The van der Waals surface area contributed by atoms with Gasteiger partial charge in [0.05, 0.1) is 36.9 Å². The maximum absolute atomic E-state index is 13.3. The minimum atomic E-state index is -0.352. The number of ether oxygens (including phenoxy) is 2. The average Bonchev–Trinajstić information content (AvgIpc) is 3.11. The van der Waals surface area contributed by atoms with Crippen LogP contribution in [-0.4, -0.2) is 34.7 Å². The van der Waals surface area contributed by atoms with E-state index in [1.165, 1.54) is 25.4 Å². The van der Waals surface area contributed by atoms with E-state index in [1.807, 2.05) is 6.92 Å². The predicted octanol–water partition coefficient (Wildman–Crippen LogP) is 4.42. The van der Waals surface area contributed by atoms with Crippen molar-refractivity contribution in [1.82, 2.24) is 14.6 Å². The van der Waals surface area contributed by atoms with Gasteiger partial charge in [0.25, 0.3) is 5.91 Å². The number of halogens is 1. The fourth-order valence-electron chi connectivity index (χ4n) is 3.48. The van der Waals surface area contributed by atoms with Crippen LogP contribution in [0, 0.1) is 19.7 Å². The van der Waals surface area contributed by atoms with Crippen molar-refractivity contribution in [2.75, 3.05) is 19.5 Å². The highest BCUT2D eigenvalue weighted by molar-refractivity contribution is 6.06. The van der Waals surface area contributed by atoms with Gasteiger partial charge in [-0.15, -0.1) is 0 Å². The summed E-state index contributed by atoms with van der Waals surface area (Å²) in [5.74, 6) is 0.436. The smallest absolute Gasteiger partial charge is 0.259 e. The van der Waals surface area contributed by atoms with Crippen molar-refractivity contribution in [3.63, 3.8) is 0 Å². The van der Waals surface area contributed by atoms with Crippen LogP contribution >= 0.6 is 0 Å². The molecule has 0 spiro atoms. The second kappa shape index (κ2) is 8.06. The lowest BCUT2D eigenvalue weighted by molar-refractivity contribution is 0.102. The summed E-state index contributed by atoms with van der Waals surface area (Å²) >= 11 is 0. The third-order valence-electron chi connectivity index (χ3n) is 5.09. The molecule has 0 saturated carbocycles. The predicted molar refractivity (Wildman–Crippen MR) is 115 cm³/mol. The van der Waals surface area contributed by atoms with Crippen LogP contribution in [0.5, 0.6) is 11.5 Å². The first kappa shape index (κ1) is 20.3. The lowest BCUT2D eigenvalue weighted by Gasteiger charge is -2.13. The number of nitrogens with zero attached hydrogens (tertiary/aromatic N) is 3. The Hall–Kier alpha value is -3.94. The van der Waals surface area contributed by atoms with Gasteiger partial charge in [0.1, 0.15) is 17.3 Å². The minimum absolute atomic E-state index is 0.311. The molecular formula is C23H21FN4O3. The lowest BCUT2D eigenvalue weighted by atomic mass is 10.1. The number of amides is 1. The number of aromatic nitrogens is 3. The number of hydrogen-bond acceptors (Lipinski definition) is 5. The Labute approximate surface area is 178 Å². The number of fused-ring (bicyclic) bond motifs is 1. The molecule has 0 aliphatic carbocycles. The van der Waals surface area contributed by atoms with Crippen molar-refractivity contribution in [1.29, 1.82) is 0 Å². The molecule has 1 N–H and O–H groups in total. The van der Waals surface area contributed by atoms with Crippen LogP contribution in [0.15, 0.2) is 48.7 Å². The number of anilines is 1. The summed E-state index contributed by atoms with van der Waals surface area (Å²) in [6.07, 6.45) is 1.51. The summed E-state index contributed by atoms with van der Waals surface area (Å²) in [6, 6.07) is 11.3. The molecule has 7 nitrogen and oxygen atoms in total. The first-order valence-electron chi connectivity index (χ1n) is 9.57. The fourth-order valence-corrected chi connectivity index (χ4v) is 3.48. The van der Waals surface area contributed by atoms with Crippen molar-refractivity contribution in [3.8, 4) is 22.6 Å². The van der Waals surface area contributed by atoms with Crippen molar-refractivity contribution in [3.05, 3.63) is 71.4 Å². The van der Waals surface area contributed by atoms with Crippen LogP contribution in [0.1, 0.15) is 21.7 Å². The molecule has 0 fully saturated rings. The van der Waals surface area contributed by atoms with Gasteiger partial charge in [-0.2, -0.15) is 5.10 Å². The number of hydrogen-bond donors (Lipinski definition) is 1. The zero-order valence-electron chi connectivity index (χ0n) is 17.6. The molecule has 2 aromatic heterocycles. The SMILES string of the molecule is COc1ccc(OC)c(NC(=O)c2cnc3c(-c4ccc(F)cc4)c(C)nn3c2C)c1. The maximum Gasteiger partial charge on any atom is 0.259 e. The highest BCUT2D eigenvalue weighted by Crippen LogP contribution is 2.31. The number of aryl methyl sites for hydroxylation is 2. The molecule has 0 saturated heterocycles. The van der Waals surface area contributed by atoms with E-state index in [0.29, 0.717) is 34.1 Å². The normalized spacial score (nSPS) is 10.9. The first-order chi connectivity index (χ1) is 14.9. The number of methoxy groups -OCH3 is 2. The van der Waals surface area contributed by atoms with E-state index >= 15 is 0 Å². The van der Waals surface area contributed by atoms with Crippen molar-refractivity contribution in [2.45, 2.75) is 13.8 Å². The van der Waals surface area contributed by atoms with Gasteiger partial charge >= 0.3 is 0 Å². The number of nitrogens with one attached hydrogen (secondary N) is 1. The third-order valence-corrected chi connectivity index (χ3v) is 5.09. The van der Waals surface area contributed by atoms with E-state index in [9.17, 15) is 9.18 Å². The molecule has 2 aromatic carbocycles. The zero-order chi connectivity index (χ0) is 22.1. The molecule has 0 atom stereocenters. The van der Waals surface area contributed by atoms with E-state index in [2.05, 4.69) is 15.4 Å². The molecule has 4 rings (SSSR count). The second-order valence-electron chi connectivity index (χ2n) is 6.98. The summed E-state index contributed by atoms with van der Waals surface area (Å²) in [7, 11) is 3.08. The Bertz CT molecular complexity index is 1280. The Morgan fingerprint density at radius 2 is 1.81 bits per heavy atom. The molecule has 2 heterocycles. The Morgan fingerprint density at radius 1 is 1.06 bits per heavy atom. The number of benzene rings is 2. The van der Waals surface area contributed by atoms with Crippen molar-refractivity contribution in [2.24, 2.45) is 0 Å². The molecule has 0 aliphatic rings. The van der Waals surface area contributed by atoms with E-state index in [1.54, 1.807) is 48.9 Å². The Morgan fingerprint density at radius 3 is 2.48 bits per heavy atom. The second-order valence-corrected chi connectivity index (χ2v) is 6.98. The molecule has 31 heavy (non-hydrogen) atoms. The topological polar surface area (TPSA) is 77.8 Å². The molecule has 0 bridgehead atoms. The van der Waals surface area contributed by atoms with Crippen LogP contribution in [0.25, 0.3) is 16.8 Å². The third kappa shape index (κ3) is 3.68. The Balaban J connectivity index is 1.74. The van der Waals surface area contributed by atoms with Crippen molar-refractivity contribution < 1.29 is 18.7 Å². The van der Waals surface area contributed by atoms with E-state index in [-0.39, 0.29) is 11.7 Å². The lowest BCUT2D eigenvalue weighted by Crippen LogP contribution is -2.16. The van der Waals surface area contributed by atoms with E-state index < -0.39 is 0 Å². The fraction of sp³-hybridized carbons (Fsp3) is 0.174. The van der Waals surface area contributed by atoms with Gasteiger partial charge in [0, 0.05) is 17.8 Å². The molecule has 8 heteroatoms. The maximum atomic E-state index is 13.3. The van der Waals surface area contributed by atoms with Gasteiger partial charge in [-0.25, -0.2) is 13.9 Å². The summed E-state index contributed by atoms with van der Waals surface area (Å²) < 4.78 is 25.5. The van der Waals surface area contributed by atoms with Gasteiger partial charge in [0.2, 0.25) is 0 Å². The standard InChI is InChI=1S/C23H21FN4O3/c1-13-21(15-5-7-16(24)8-6-15)22-25-12-18(14(2)28(22)27-13)23(29)26-19-11-17(30-3)9-10-20(19)31-4/h5-12H,1-4H3,(H,26,29). The van der Waals surface area contributed by atoms with Crippen LogP contribution in [-0.2, 0) is 0 Å². The largest absolute Gasteiger partial charge is 0.497 e. The summed E-state index contributed by atoms with van der Waals surface area (Å²) in [5.41, 5.74) is 4.40. The van der Waals surface area contributed by atoms with Gasteiger partial charge in [-0.3, -0.25) is 4.79 Å². The number of carbonyl (C=O) groups excluding carboxylic acids is 1. The number of rotatable bonds is 5.